The SMILES string of the molecule is CNCc1cc(Br)ccc1OCCCN1CCCC1. The van der Waals surface area contributed by atoms with Crippen molar-refractivity contribution in [3.8, 4) is 5.75 Å². The normalized spacial score (nSPS) is 15.9. The molecular weight excluding hydrogens is 304 g/mol. The number of likely N-dealkylation sites (tertiary alicyclic amines) is 1. The molecule has 1 fully saturated rings. The maximum absolute atomic E-state index is 5.92. The van der Waals surface area contributed by atoms with Gasteiger partial charge in [0, 0.05) is 23.1 Å². The van der Waals surface area contributed by atoms with Crippen LogP contribution in [0.4, 0.5) is 0 Å². The van der Waals surface area contributed by atoms with Crippen molar-refractivity contribution in [2.75, 3.05) is 33.3 Å². The van der Waals surface area contributed by atoms with Crippen LogP contribution in [0.1, 0.15) is 24.8 Å². The first-order chi connectivity index (χ1) is 9.29. The van der Waals surface area contributed by atoms with Crippen molar-refractivity contribution in [3.63, 3.8) is 0 Å². The molecule has 1 aliphatic heterocycles. The topological polar surface area (TPSA) is 24.5 Å². The van der Waals surface area contributed by atoms with Crippen molar-refractivity contribution in [1.82, 2.24) is 10.2 Å². The molecule has 0 saturated carbocycles. The summed E-state index contributed by atoms with van der Waals surface area (Å²) in [5.41, 5.74) is 1.21. The molecule has 1 aliphatic rings. The molecule has 3 nitrogen and oxygen atoms in total. The number of ether oxygens (including phenoxy) is 1. The highest BCUT2D eigenvalue weighted by atomic mass is 79.9. The Bertz CT molecular complexity index is 392. The zero-order valence-corrected chi connectivity index (χ0v) is 13.2. The van der Waals surface area contributed by atoms with Crippen LogP contribution in [0.3, 0.4) is 0 Å². The molecule has 4 heteroatoms. The second-order valence-electron chi connectivity index (χ2n) is 5.03. The minimum atomic E-state index is 0.800. The van der Waals surface area contributed by atoms with Crippen LogP contribution in [0.25, 0.3) is 0 Å². The number of hydrogen-bond donors (Lipinski definition) is 1. The Balaban J connectivity index is 1.77. The van der Waals surface area contributed by atoms with Crippen molar-refractivity contribution >= 4 is 15.9 Å². The fourth-order valence-corrected chi connectivity index (χ4v) is 2.90. The molecule has 19 heavy (non-hydrogen) atoms. The summed E-state index contributed by atoms with van der Waals surface area (Å²) in [6.07, 6.45) is 3.83. The Hall–Kier alpha value is -0.580. The number of rotatable bonds is 7. The zero-order chi connectivity index (χ0) is 13.5. The molecule has 0 bridgehead atoms. The van der Waals surface area contributed by atoms with Crippen molar-refractivity contribution in [2.45, 2.75) is 25.8 Å². The Labute approximate surface area is 124 Å². The lowest BCUT2D eigenvalue weighted by Gasteiger charge is -2.15. The Morgan fingerprint density at radius 1 is 1.32 bits per heavy atom. The van der Waals surface area contributed by atoms with Crippen molar-refractivity contribution in [3.05, 3.63) is 28.2 Å². The van der Waals surface area contributed by atoms with Gasteiger partial charge in [-0.2, -0.15) is 0 Å². The Morgan fingerprint density at radius 3 is 2.84 bits per heavy atom. The van der Waals surface area contributed by atoms with Gasteiger partial charge in [0.2, 0.25) is 0 Å². The third-order valence-corrected chi connectivity index (χ3v) is 3.96. The van der Waals surface area contributed by atoms with Crippen LogP contribution in [-0.2, 0) is 6.54 Å². The summed E-state index contributed by atoms with van der Waals surface area (Å²) in [6, 6.07) is 6.20. The van der Waals surface area contributed by atoms with E-state index in [4.69, 9.17) is 4.74 Å². The molecule has 1 aromatic carbocycles. The maximum atomic E-state index is 5.92. The highest BCUT2D eigenvalue weighted by Gasteiger charge is 2.10. The van der Waals surface area contributed by atoms with E-state index < -0.39 is 0 Å². The number of benzene rings is 1. The van der Waals surface area contributed by atoms with E-state index in [0.29, 0.717) is 0 Å². The third kappa shape index (κ3) is 4.79. The number of hydrogen-bond acceptors (Lipinski definition) is 3. The predicted octanol–water partition coefficient (Wildman–Crippen LogP) is 3.03. The average molecular weight is 327 g/mol. The summed E-state index contributed by atoms with van der Waals surface area (Å²) < 4.78 is 7.02. The summed E-state index contributed by atoms with van der Waals surface area (Å²) >= 11 is 3.50. The molecule has 2 rings (SSSR count). The fraction of sp³-hybridized carbons (Fsp3) is 0.600. The van der Waals surface area contributed by atoms with Gasteiger partial charge in [0.1, 0.15) is 5.75 Å². The monoisotopic (exact) mass is 326 g/mol. The van der Waals surface area contributed by atoms with E-state index in [1.54, 1.807) is 0 Å². The Morgan fingerprint density at radius 2 is 2.11 bits per heavy atom. The van der Waals surface area contributed by atoms with E-state index in [-0.39, 0.29) is 0 Å². The van der Waals surface area contributed by atoms with Gasteiger partial charge in [0.05, 0.1) is 6.61 Å². The molecule has 0 atom stereocenters. The summed E-state index contributed by atoms with van der Waals surface area (Å²) in [6.45, 7) is 5.33. The van der Waals surface area contributed by atoms with Crippen LogP contribution >= 0.6 is 15.9 Å². The second-order valence-corrected chi connectivity index (χ2v) is 5.95. The van der Waals surface area contributed by atoms with Gasteiger partial charge in [0.25, 0.3) is 0 Å². The predicted molar refractivity (Wildman–Crippen MR) is 82.7 cm³/mol. The van der Waals surface area contributed by atoms with Crippen LogP contribution < -0.4 is 10.1 Å². The first-order valence-corrected chi connectivity index (χ1v) is 7.87. The fourth-order valence-electron chi connectivity index (χ4n) is 2.49. The van der Waals surface area contributed by atoms with E-state index in [1.165, 1.54) is 31.5 Å². The molecule has 1 saturated heterocycles. The molecular formula is C15H23BrN2O. The number of halogens is 1. The van der Waals surface area contributed by atoms with Crippen LogP contribution in [0.5, 0.6) is 5.75 Å². The minimum Gasteiger partial charge on any atom is -0.493 e. The standard InChI is InChI=1S/C15H23BrN2O/c1-17-12-13-11-14(16)5-6-15(13)19-10-4-9-18-7-2-3-8-18/h5-6,11,17H,2-4,7-10,12H2,1H3. The van der Waals surface area contributed by atoms with Crippen molar-refractivity contribution in [1.29, 1.82) is 0 Å². The molecule has 0 spiro atoms. The average Bonchev–Trinajstić information content (AvgIpc) is 2.90. The van der Waals surface area contributed by atoms with E-state index >= 15 is 0 Å². The van der Waals surface area contributed by atoms with Gasteiger partial charge in [0.15, 0.2) is 0 Å². The van der Waals surface area contributed by atoms with E-state index in [9.17, 15) is 0 Å². The van der Waals surface area contributed by atoms with Gasteiger partial charge in [-0.05, 0) is 57.6 Å². The molecule has 0 unspecified atom stereocenters. The zero-order valence-electron chi connectivity index (χ0n) is 11.6. The molecule has 1 heterocycles. The number of nitrogens with zero attached hydrogens (tertiary/aromatic N) is 1. The Kier molecular flexibility index (Phi) is 6.14. The van der Waals surface area contributed by atoms with Crippen LogP contribution in [0.2, 0.25) is 0 Å². The summed E-state index contributed by atoms with van der Waals surface area (Å²) in [5, 5.41) is 3.18. The molecule has 1 N–H and O–H groups in total. The lowest BCUT2D eigenvalue weighted by atomic mass is 10.2. The van der Waals surface area contributed by atoms with Gasteiger partial charge >= 0.3 is 0 Å². The molecule has 0 aliphatic carbocycles. The molecule has 0 amide bonds. The lowest BCUT2D eigenvalue weighted by Crippen LogP contribution is -2.22. The highest BCUT2D eigenvalue weighted by molar-refractivity contribution is 9.10. The molecule has 0 aromatic heterocycles. The van der Waals surface area contributed by atoms with Gasteiger partial charge < -0.3 is 15.0 Å². The number of nitrogens with one attached hydrogen (secondary N) is 1. The minimum absolute atomic E-state index is 0.800. The highest BCUT2D eigenvalue weighted by Crippen LogP contribution is 2.23. The second kappa shape index (κ2) is 7.88. The lowest BCUT2D eigenvalue weighted by molar-refractivity contribution is 0.261. The smallest absolute Gasteiger partial charge is 0.123 e. The maximum Gasteiger partial charge on any atom is 0.123 e. The van der Waals surface area contributed by atoms with Gasteiger partial charge in [-0.1, -0.05) is 15.9 Å². The summed E-state index contributed by atoms with van der Waals surface area (Å²) in [4.78, 5) is 2.53. The molecule has 0 radical (unpaired) electrons. The van der Waals surface area contributed by atoms with Gasteiger partial charge in [-0.25, -0.2) is 0 Å². The van der Waals surface area contributed by atoms with Crippen LogP contribution in [-0.4, -0.2) is 38.2 Å². The van der Waals surface area contributed by atoms with Crippen molar-refractivity contribution < 1.29 is 4.74 Å². The summed E-state index contributed by atoms with van der Waals surface area (Å²) in [7, 11) is 1.96. The first kappa shape index (κ1) is 14.8. The van der Waals surface area contributed by atoms with Crippen molar-refractivity contribution in [2.24, 2.45) is 0 Å². The first-order valence-electron chi connectivity index (χ1n) is 7.08. The molecule has 106 valence electrons. The largest absolute Gasteiger partial charge is 0.493 e. The third-order valence-electron chi connectivity index (χ3n) is 3.46. The molecule has 1 aromatic rings. The van der Waals surface area contributed by atoms with Gasteiger partial charge in [-0.15, -0.1) is 0 Å². The van der Waals surface area contributed by atoms with Crippen LogP contribution in [0, 0.1) is 0 Å². The van der Waals surface area contributed by atoms with E-state index in [0.717, 1.165) is 36.3 Å². The summed E-state index contributed by atoms with van der Waals surface area (Å²) in [5.74, 6) is 0.999. The van der Waals surface area contributed by atoms with Crippen LogP contribution in [0.15, 0.2) is 22.7 Å². The van der Waals surface area contributed by atoms with E-state index in [1.807, 2.05) is 19.2 Å². The quantitative estimate of drug-likeness (QED) is 0.779. The van der Waals surface area contributed by atoms with E-state index in [2.05, 4.69) is 32.2 Å². The van der Waals surface area contributed by atoms with Gasteiger partial charge in [-0.3, -0.25) is 0 Å².